The van der Waals surface area contributed by atoms with Gasteiger partial charge in [0.05, 0.1) is 0 Å². The van der Waals surface area contributed by atoms with Crippen LogP contribution in [0.3, 0.4) is 0 Å². The Labute approximate surface area is 125 Å². The van der Waals surface area contributed by atoms with Crippen LogP contribution in [-0.4, -0.2) is 6.03 Å². The van der Waals surface area contributed by atoms with Crippen LogP contribution < -0.4 is 10.6 Å². The van der Waals surface area contributed by atoms with E-state index in [0.717, 1.165) is 22.4 Å². The number of aryl methyl sites for hydroxylation is 3. The van der Waals surface area contributed by atoms with Crippen molar-refractivity contribution in [3.8, 4) is 0 Å². The molecule has 0 saturated carbocycles. The number of anilines is 1. The Morgan fingerprint density at radius 3 is 2.24 bits per heavy atom. The van der Waals surface area contributed by atoms with Gasteiger partial charge in [-0.05, 0) is 43.5 Å². The van der Waals surface area contributed by atoms with E-state index in [2.05, 4.69) is 22.8 Å². The molecule has 3 nitrogen and oxygen atoms in total. The Kier molecular flexibility index (Phi) is 4.77. The number of carbonyl (C=O) groups is 1. The molecule has 0 unspecified atom stereocenters. The van der Waals surface area contributed by atoms with E-state index in [9.17, 15) is 4.79 Å². The molecule has 2 N–H and O–H groups in total. The third-order valence-corrected chi connectivity index (χ3v) is 3.21. The molecule has 21 heavy (non-hydrogen) atoms. The third kappa shape index (κ3) is 4.21. The van der Waals surface area contributed by atoms with Crippen molar-refractivity contribution < 1.29 is 4.79 Å². The molecular weight excluding hydrogens is 260 g/mol. The highest BCUT2D eigenvalue weighted by Gasteiger charge is 2.06. The van der Waals surface area contributed by atoms with Crippen LogP contribution in [-0.2, 0) is 0 Å². The number of urea groups is 1. The lowest BCUT2D eigenvalue weighted by atomic mass is 10.1. The molecule has 108 valence electrons. The maximum absolute atomic E-state index is 11.9. The molecule has 0 fully saturated rings. The lowest BCUT2D eigenvalue weighted by molar-refractivity contribution is 0.255. The van der Waals surface area contributed by atoms with Gasteiger partial charge in [0.15, 0.2) is 0 Å². The van der Waals surface area contributed by atoms with Crippen LogP contribution >= 0.6 is 0 Å². The van der Waals surface area contributed by atoms with Gasteiger partial charge in [-0.15, -0.1) is 0 Å². The van der Waals surface area contributed by atoms with E-state index in [0.29, 0.717) is 0 Å². The van der Waals surface area contributed by atoms with Crippen LogP contribution in [0.5, 0.6) is 0 Å². The van der Waals surface area contributed by atoms with Crippen molar-refractivity contribution in [2.45, 2.75) is 20.8 Å². The number of nitrogens with one attached hydrogen (secondary N) is 2. The summed E-state index contributed by atoms with van der Waals surface area (Å²) in [5.41, 5.74) is 5.23. The van der Waals surface area contributed by atoms with E-state index in [1.54, 1.807) is 6.20 Å². The molecule has 0 aliphatic heterocycles. The fourth-order valence-corrected chi connectivity index (χ4v) is 2.30. The van der Waals surface area contributed by atoms with Crippen LogP contribution in [0.1, 0.15) is 22.3 Å². The second-order valence-electron chi connectivity index (χ2n) is 5.12. The van der Waals surface area contributed by atoms with Crippen LogP contribution in [0.25, 0.3) is 6.08 Å². The summed E-state index contributed by atoms with van der Waals surface area (Å²) >= 11 is 0. The highest BCUT2D eigenvalue weighted by Crippen LogP contribution is 2.21. The van der Waals surface area contributed by atoms with Crippen molar-refractivity contribution in [1.82, 2.24) is 5.32 Å². The van der Waals surface area contributed by atoms with Crippen LogP contribution in [0.4, 0.5) is 10.5 Å². The van der Waals surface area contributed by atoms with Gasteiger partial charge in [0.25, 0.3) is 0 Å². The minimum atomic E-state index is -0.239. The fraction of sp³-hybridized carbons (Fsp3) is 0.167. The van der Waals surface area contributed by atoms with E-state index < -0.39 is 0 Å². The zero-order valence-corrected chi connectivity index (χ0v) is 12.6. The van der Waals surface area contributed by atoms with Crippen molar-refractivity contribution in [3.05, 3.63) is 70.9 Å². The Bertz CT molecular complexity index is 637. The maximum Gasteiger partial charge on any atom is 0.323 e. The van der Waals surface area contributed by atoms with Gasteiger partial charge in [-0.1, -0.05) is 48.0 Å². The van der Waals surface area contributed by atoms with Gasteiger partial charge in [0, 0.05) is 11.9 Å². The number of rotatable bonds is 3. The number of amides is 2. The Hall–Kier alpha value is -2.55. The molecule has 0 aliphatic rings. The largest absolute Gasteiger partial charge is 0.323 e. The lowest BCUT2D eigenvalue weighted by Gasteiger charge is -2.12. The second kappa shape index (κ2) is 6.75. The minimum Gasteiger partial charge on any atom is -0.314 e. The standard InChI is InChI=1S/C18H20N2O/c1-13-11-14(2)17(15(3)12-13)20-18(21)19-10-9-16-7-5-4-6-8-16/h4-12H,1-3H3,(H2,19,20,21)/b10-9+. The first-order valence-corrected chi connectivity index (χ1v) is 6.93. The monoisotopic (exact) mass is 280 g/mol. The molecule has 0 bridgehead atoms. The van der Waals surface area contributed by atoms with Gasteiger partial charge in [0.2, 0.25) is 0 Å². The molecule has 0 spiro atoms. The fourth-order valence-electron chi connectivity index (χ4n) is 2.30. The van der Waals surface area contributed by atoms with Crippen molar-refractivity contribution in [2.24, 2.45) is 0 Å². The number of hydrogen-bond acceptors (Lipinski definition) is 1. The van der Waals surface area contributed by atoms with Gasteiger partial charge in [-0.25, -0.2) is 4.79 Å². The van der Waals surface area contributed by atoms with Gasteiger partial charge in [-0.3, -0.25) is 0 Å². The molecule has 0 radical (unpaired) electrons. The molecule has 0 heterocycles. The second-order valence-corrected chi connectivity index (χ2v) is 5.12. The van der Waals surface area contributed by atoms with Gasteiger partial charge < -0.3 is 10.6 Å². The highest BCUT2D eigenvalue weighted by molar-refractivity contribution is 5.92. The quantitative estimate of drug-likeness (QED) is 0.859. The van der Waals surface area contributed by atoms with Gasteiger partial charge in [0.1, 0.15) is 0 Å². The predicted octanol–water partition coefficient (Wildman–Crippen LogP) is 4.40. The first-order valence-electron chi connectivity index (χ1n) is 6.93. The molecule has 0 aliphatic carbocycles. The van der Waals surface area contributed by atoms with Crippen LogP contribution in [0.15, 0.2) is 48.7 Å². The third-order valence-electron chi connectivity index (χ3n) is 3.21. The molecule has 2 aromatic rings. The topological polar surface area (TPSA) is 41.1 Å². The van der Waals surface area contributed by atoms with Crippen molar-refractivity contribution >= 4 is 17.8 Å². The number of carbonyl (C=O) groups excluding carboxylic acids is 1. The molecule has 2 rings (SSSR count). The zero-order chi connectivity index (χ0) is 15.2. The summed E-state index contributed by atoms with van der Waals surface area (Å²) in [6, 6.07) is 13.7. The molecule has 0 atom stereocenters. The van der Waals surface area contributed by atoms with Gasteiger partial charge >= 0.3 is 6.03 Å². The smallest absolute Gasteiger partial charge is 0.314 e. The van der Waals surface area contributed by atoms with Crippen LogP contribution in [0.2, 0.25) is 0 Å². The molecule has 2 aromatic carbocycles. The summed E-state index contributed by atoms with van der Waals surface area (Å²) in [5, 5.41) is 5.61. The minimum absolute atomic E-state index is 0.239. The molecule has 2 amide bonds. The summed E-state index contributed by atoms with van der Waals surface area (Å²) in [5.74, 6) is 0. The number of hydrogen-bond donors (Lipinski definition) is 2. The van der Waals surface area contributed by atoms with E-state index in [1.165, 1.54) is 5.56 Å². The number of benzene rings is 2. The average molecular weight is 280 g/mol. The van der Waals surface area contributed by atoms with E-state index in [4.69, 9.17) is 0 Å². The Morgan fingerprint density at radius 1 is 1.00 bits per heavy atom. The van der Waals surface area contributed by atoms with Crippen LogP contribution in [0, 0.1) is 20.8 Å². The summed E-state index contributed by atoms with van der Waals surface area (Å²) in [6.45, 7) is 6.04. The molecule has 0 saturated heterocycles. The first-order chi connectivity index (χ1) is 10.1. The lowest BCUT2D eigenvalue weighted by Crippen LogP contribution is -2.24. The maximum atomic E-state index is 11.9. The summed E-state index contributed by atoms with van der Waals surface area (Å²) < 4.78 is 0. The molecular formula is C18H20N2O. The van der Waals surface area contributed by atoms with Crippen molar-refractivity contribution in [3.63, 3.8) is 0 Å². The van der Waals surface area contributed by atoms with Gasteiger partial charge in [-0.2, -0.15) is 0 Å². The van der Waals surface area contributed by atoms with Crippen molar-refractivity contribution in [1.29, 1.82) is 0 Å². The highest BCUT2D eigenvalue weighted by atomic mass is 16.2. The Morgan fingerprint density at radius 2 is 1.62 bits per heavy atom. The van der Waals surface area contributed by atoms with Crippen molar-refractivity contribution in [2.75, 3.05) is 5.32 Å². The van der Waals surface area contributed by atoms with E-state index >= 15 is 0 Å². The normalized spacial score (nSPS) is 10.6. The molecule has 3 heteroatoms. The summed E-state index contributed by atoms with van der Waals surface area (Å²) in [4.78, 5) is 11.9. The predicted molar refractivity (Wildman–Crippen MR) is 88.3 cm³/mol. The Balaban J connectivity index is 1.98. The van der Waals surface area contributed by atoms with E-state index in [1.807, 2.05) is 57.2 Å². The molecule has 0 aromatic heterocycles. The zero-order valence-electron chi connectivity index (χ0n) is 12.6. The van der Waals surface area contributed by atoms with E-state index in [-0.39, 0.29) is 6.03 Å². The SMILES string of the molecule is Cc1cc(C)c(NC(=O)N/C=C/c2ccccc2)c(C)c1. The first kappa shape index (κ1) is 14.9. The average Bonchev–Trinajstić information content (AvgIpc) is 2.44. The summed E-state index contributed by atoms with van der Waals surface area (Å²) in [7, 11) is 0. The summed E-state index contributed by atoms with van der Waals surface area (Å²) in [6.07, 6.45) is 3.50.